The Morgan fingerprint density at radius 3 is 2.83 bits per heavy atom. The fraction of sp³-hybridized carbons (Fsp3) is 1.00. The molecule has 1 aliphatic heterocycles. The zero-order valence-corrected chi connectivity index (χ0v) is 12.1. The zero-order valence-electron chi connectivity index (χ0n) is 12.1. The molecule has 1 heterocycles. The minimum absolute atomic E-state index is 0.392. The quantitative estimate of drug-likeness (QED) is 0.836. The molecule has 3 nitrogen and oxygen atoms in total. The zero-order chi connectivity index (χ0) is 13.0. The van der Waals surface area contributed by atoms with Gasteiger partial charge in [-0.25, -0.2) is 0 Å². The second-order valence-electron chi connectivity index (χ2n) is 6.21. The largest absolute Gasteiger partial charge is 0.376 e. The first-order chi connectivity index (χ1) is 8.74. The average molecular weight is 254 g/mol. The highest BCUT2D eigenvalue weighted by molar-refractivity contribution is 4.89. The highest BCUT2D eigenvalue weighted by atomic mass is 16.5. The van der Waals surface area contributed by atoms with Gasteiger partial charge in [0.1, 0.15) is 0 Å². The summed E-state index contributed by atoms with van der Waals surface area (Å²) in [6.07, 6.45) is 7.20. The normalized spacial score (nSPS) is 38.8. The lowest BCUT2D eigenvalue weighted by atomic mass is 9.75. The lowest BCUT2D eigenvalue weighted by molar-refractivity contribution is -0.0540. The minimum atomic E-state index is 0.392. The van der Waals surface area contributed by atoms with Crippen LogP contribution in [0.25, 0.3) is 0 Å². The molecule has 4 unspecified atom stereocenters. The Balaban J connectivity index is 1.96. The molecule has 0 bridgehead atoms. The van der Waals surface area contributed by atoms with Gasteiger partial charge in [0.15, 0.2) is 0 Å². The van der Waals surface area contributed by atoms with Gasteiger partial charge >= 0.3 is 0 Å². The molecule has 2 N–H and O–H groups in total. The van der Waals surface area contributed by atoms with E-state index in [-0.39, 0.29) is 0 Å². The molecule has 0 aromatic rings. The van der Waals surface area contributed by atoms with E-state index in [0.717, 1.165) is 32.2 Å². The van der Waals surface area contributed by atoms with Crippen LogP contribution in [-0.4, -0.2) is 43.3 Å². The molecule has 2 rings (SSSR count). The Bertz CT molecular complexity index is 247. The number of hydrogen-bond donors (Lipinski definition) is 1. The number of nitrogens with zero attached hydrogens (tertiary/aromatic N) is 1. The fourth-order valence-corrected chi connectivity index (χ4v) is 3.83. The highest BCUT2D eigenvalue weighted by Gasteiger charge is 2.34. The molecule has 0 spiro atoms. The lowest BCUT2D eigenvalue weighted by Crippen LogP contribution is -2.52. The molecule has 0 aromatic heterocycles. The van der Waals surface area contributed by atoms with Crippen molar-refractivity contribution in [2.24, 2.45) is 17.6 Å². The summed E-state index contributed by atoms with van der Waals surface area (Å²) in [7, 11) is 0. The maximum Gasteiger partial charge on any atom is 0.0674 e. The highest BCUT2D eigenvalue weighted by Crippen LogP contribution is 2.34. The standard InChI is InChI=1S/C15H30N2O/c1-3-4-13-5-6-14(10-16)15(9-13)17-7-8-18-12(2)11-17/h12-15H,3-11,16H2,1-2H3. The van der Waals surface area contributed by atoms with Crippen LogP contribution in [0.4, 0.5) is 0 Å². The second-order valence-corrected chi connectivity index (χ2v) is 6.21. The van der Waals surface area contributed by atoms with Gasteiger partial charge in [0.05, 0.1) is 12.7 Å². The second kappa shape index (κ2) is 6.88. The van der Waals surface area contributed by atoms with Gasteiger partial charge in [-0.2, -0.15) is 0 Å². The SMILES string of the molecule is CCCC1CCC(CN)C(N2CCOC(C)C2)C1. The molecule has 106 valence electrons. The molecule has 0 amide bonds. The van der Waals surface area contributed by atoms with Crippen LogP contribution in [0.3, 0.4) is 0 Å². The van der Waals surface area contributed by atoms with Gasteiger partial charge in [0, 0.05) is 19.1 Å². The van der Waals surface area contributed by atoms with Gasteiger partial charge in [-0.1, -0.05) is 26.2 Å². The van der Waals surface area contributed by atoms with Crippen LogP contribution >= 0.6 is 0 Å². The van der Waals surface area contributed by atoms with Crippen LogP contribution < -0.4 is 5.73 Å². The van der Waals surface area contributed by atoms with Crippen molar-refractivity contribution in [2.45, 2.75) is 58.1 Å². The van der Waals surface area contributed by atoms with E-state index in [2.05, 4.69) is 18.7 Å². The topological polar surface area (TPSA) is 38.5 Å². The summed E-state index contributed by atoms with van der Waals surface area (Å²) in [5, 5.41) is 0. The van der Waals surface area contributed by atoms with Crippen molar-refractivity contribution >= 4 is 0 Å². The summed E-state index contributed by atoms with van der Waals surface area (Å²) >= 11 is 0. The monoisotopic (exact) mass is 254 g/mol. The van der Waals surface area contributed by atoms with E-state index in [9.17, 15) is 0 Å². The van der Waals surface area contributed by atoms with Crippen LogP contribution in [0.5, 0.6) is 0 Å². The first-order valence-electron chi connectivity index (χ1n) is 7.80. The molecule has 1 saturated carbocycles. The maximum absolute atomic E-state index is 6.00. The van der Waals surface area contributed by atoms with Gasteiger partial charge in [0.2, 0.25) is 0 Å². The van der Waals surface area contributed by atoms with Crippen LogP contribution in [0, 0.1) is 11.8 Å². The van der Waals surface area contributed by atoms with Crippen molar-refractivity contribution in [3.8, 4) is 0 Å². The number of morpholine rings is 1. The predicted octanol–water partition coefficient (Wildman–Crippen LogP) is 2.25. The number of rotatable bonds is 4. The van der Waals surface area contributed by atoms with E-state index in [1.807, 2.05) is 0 Å². The summed E-state index contributed by atoms with van der Waals surface area (Å²) in [5.74, 6) is 1.64. The van der Waals surface area contributed by atoms with Gasteiger partial charge < -0.3 is 10.5 Å². The molecule has 2 aliphatic rings. The lowest BCUT2D eigenvalue weighted by Gasteiger charge is -2.45. The minimum Gasteiger partial charge on any atom is -0.376 e. The van der Waals surface area contributed by atoms with Crippen molar-refractivity contribution in [2.75, 3.05) is 26.2 Å². The molecular weight excluding hydrogens is 224 g/mol. The molecule has 4 atom stereocenters. The average Bonchev–Trinajstić information content (AvgIpc) is 2.39. The molecule has 3 heteroatoms. The van der Waals surface area contributed by atoms with Crippen molar-refractivity contribution in [3.63, 3.8) is 0 Å². The first-order valence-corrected chi connectivity index (χ1v) is 7.80. The molecule has 2 fully saturated rings. The Hall–Kier alpha value is -0.120. The van der Waals surface area contributed by atoms with Crippen molar-refractivity contribution < 1.29 is 4.74 Å². The summed E-state index contributed by atoms with van der Waals surface area (Å²) in [6.45, 7) is 8.45. The predicted molar refractivity (Wildman–Crippen MR) is 75.6 cm³/mol. The Kier molecular flexibility index (Phi) is 5.46. The number of ether oxygens (including phenoxy) is 1. The van der Waals surface area contributed by atoms with E-state index in [1.165, 1.54) is 32.1 Å². The van der Waals surface area contributed by atoms with Crippen LogP contribution in [0.15, 0.2) is 0 Å². The van der Waals surface area contributed by atoms with E-state index in [0.29, 0.717) is 18.1 Å². The molecule has 18 heavy (non-hydrogen) atoms. The van der Waals surface area contributed by atoms with Crippen molar-refractivity contribution in [1.82, 2.24) is 4.90 Å². The molecule has 1 aliphatic carbocycles. The van der Waals surface area contributed by atoms with E-state index in [4.69, 9.17) is 10.5 Å². The molecule has 0 radical (unpaired) electrons. The van der Waals surface area contributed by atoms with Gasteiger partial charge in [0.25, 0.3) is 0 Å². The van der Waals surface area contributed by atoms with Gasteiger partial charge in [-0.3, -0.25) is 4.90 Å². The van der Waals surface area contributed by atoms with Crippen LogP contribution in [0.1, 0.15) is 46.0 Å². The molecule has 0 aromatic carbocycles. The fourth-order valence-electron chi connectivity index (χ4n) is 3.83. The summed E-state index contributed by atoms with van der Waals surface area (Å²) in [5.41, 5.74) is 6.00. The Morgan fingerprint density at radius 1 is 1.33 bits per heavy atom. The van der Waals surface area contributed by atoms with Gasteiger partial charge in [-0.15, -0.1) is 0 Å². The molecular formula is C15H30N2O. The van der Waals surface area contributed by atoms with Crippen molar-refractivity contribution in [1.29, 1.82) is 0 Å². The third-order valence-corrected chi connectivity index (χ3v) is 4.81. The van der Waals surface area contributed by atoms with Crippen LogP contribution in [0.2, 0.25) is 0 Å². The third kappa shape index (κ3) is 3.46. The van der Waals surface area contributed by atoms with E-state index >= 15 is 0 Å². The Morgan fingerprint density at radius 2 is 2.17 bits per heavy atom. The van der Waals surface area contributed by atoms with E-state index in [1.54, 1.807) is 0 Å². The van der Waals surface area contributed by atoms with Crippen LogP contribution in [-0.2, 0) is 4.74 Å². The molecule has 1 saturated heterocycles. The third-order valence-electron chi connectivity index (χ3n) is 4.81. The van der Waals surface area contributed by atoms with Gasteiger partial charge in [-0.05, 0) is 38.1 Å². The maximum atomic E-state index is 6.00. The summed E-state index contributed by atoms with van der Waals surface area (Å²) in [4.78, 5) is 2.66. The summed E-state index contributed by atoms with van der Waals surface area (Å²) < 4.78 is 5.67. The Labute approximate surface area is 112 Å². The number of hydrogen-bond acceptors (Lipinski definition) is 3. The first kappa shape index (κ1) is 14.3. The summed E-state index contributed by atoms with van der Waals surface area (Å²) in [6, 6.07) is 0.714. The number of nitrogens with two attached hydrogens (primary N) is 1. The van der Waals surface area contributed by atoms with E-state index < -0.39 is 0 Å². The smallest absolute Gasteiger partial charge is 0.0674 e. The van der Waals surface area contributed by atoms with Crippen molar-refractivity contribution in [3.05, 3.63) is 0 Å².